The lowest BCUT2D eigenvalue weighted by Crippen LogP contribution is -2.31. The second kappa shape index (κ2) is 6.19. The van der Waals surface area contributed by atoms with Crippen LogP contribution in [-0.4, -0.2) is 24.1 Å². The highest BCUT2D eigenvalue weighted by Gasteiger charge is 2.14. The van der Waals surface area contributed by atoms with Gasteiger partial charge in [-0.15, -0.1) is 0 Å². The molecule has 1 aromatic heterocycles. The Bertz CT molecular complexity index is 381. The number of aryl methyl sites for hydroxylation is 1. The van der Waals surface area contributed by atoms with Crippen LogP contribution in [0.15, 0.2) is 12.3 Å². The summed E-state index contributed by atoms with van der Waals surface area (Å²) in [4.78, 5) is 7.09. The summed E-state index contributed by atoms with van der Waals surface area (Å²) in [5.41, 5.74) is 2.59. The summed E-state index contributed by atoms with van der Waals surface area (Å²) in [6.07, 6.45) is 5.99. The standard InChI is InChI=1S/C15H25N3/c1-12(2)16-10-14-9-13(3)15(17-11-14)18-7-5-4-6-8-18/h9,11-12,16H,4-8,10H2,1-3H3. The van der Waals surface area contributed by atoms with E-state index in [0.717, 1.165) is 19.6 Å². The first-order valence-corrected chi connectivity index (χ1v) is 7.10. The van der Waals surface area contributed by atoms with E-state index in [-0.39, 0.29) is 0 Å². The Morgan fingerprint density at radius 3 is 2.61 bits per heavy atom. The number of rotatable bonds is 4. The van der Waals surface area contributed by atoms with Gasteiger partial charge in [-0.05, 0) is 43.4 Å². The minimum absolute atomic E-state index is 0.520. The van der Waals surface area contributed by atoms with Crippen LogP contribution in [0.2, 0.25) is 0 Å². The summed E-state index contributed by atoms with van der Waals surface area (Å²) in [7, 11) is 0. The lowest BCUT2D eigenvalue weighted by atomic mass is 10.1. The predicted octanol–water partition coefficient (Wildman–Crippen LogP) is 2.88. The van der Waals surface area contributed by atoms with Crippen LogP contribution in [0.3, 0.4) is 0 Å². The Hall–Kier alpha value is -1.09. The highest BCUT2D eigenvalue weighted by atomic mass is 15.2. The molecule has 1 aliphatic heterocycles. The van der Waals surface area contributed by atoms with E-state index in [9.17, 15) is 0 Å². The van der Waals surface area contributed by atoms with E-state index >= 15 is 0 Å². The molecule has 3 nitrogen and oxygen atoms in total. The van der Waals surface area contributed by atoms with Crippen LogP contribution < -0.4 is 10.2 Å². The number of aromatic nitrogens is 1. The summed E-state index contributed by atoms with van der Waals surface area (Å²) in [5, 5.41) is 3.43. The van der Waals surface area contributed by atoms with Crippen molar-refractivity contribution in [3.05, 3.63) is 23.4 Å². The van der Waals surface area contributed by atoms with Crippen molar-refractivity contribution >= 4 is 5.82 Å². The molecule has 2 heterocycles. The van der Waals surface area contributed by atoms with Gasteiger partial charge in [0.2, 0.25) is 0 Å². The van der Waals surface area contributed by atoms with Gasteiger partial charge in [0.1, 0.15) is 5.82 Å². The predicted molar refractivity (Wildman–Crippen MR) is 77.0 cm³/mol. The normalized spacial score (nSPS) is 16.3. The smallest absolute Gasteiger partial charge is 0.131 e. The fraction of sp³-hybridized carbons (Fsp3) is 0.667. The molecule has 1 aromatic rings. The van der Waals surface area contributed by atoms with E-state index in [1.807, 2.05) is 6.20 Å². The quantitative estimate of drug-likeness (QED) is 0.886. The van der Waals surface area contributed by atoms with Gasteiger partial charge >= 0.3 is 0 Å². The summed E-state index contributed by atoms with van der Waals surface area (Å²) < 4.78 is 0. The maximum atomic E-state index is 4.67. The van der Waals surface area contributed by atoms with E-state index in [1.165, 1.54) is 36.2 Å². The van der Waals surface area contributed by atoms with Crippen molar-refractivity contribution in [2.45, 2.75) is 52.6 Å². The second-order valence-corrected chi connectivity index (χ2v) is 5.57. The van der Waals surface area contributed by atoms with Gasteiger partial charge in [0.15, 0.2) is 0 Å². The lowest BCUT2D eigenvalue weighted by Gasteiger charge is -2.29. The van der Waals surface area contributed by atoms with Gasteiger partial charge in [-0.2, -0.15) is 0 Å². The molecule has 1 aliphatic rings. The molecule has 0 spiro atoms. The van der Waals surface area contributed by atoms with Gasteiger partial charge < -0.3 is 10.2 Å². The summed E-state index contributed by atoms with van der Waals surface area (Å²) >= 11 is 0. The first-order chi connectivity index (χ1) is 8.66. The molecular weight excluding hydrogens is 222 g/mol. The number of hydrogen-bond donors (Lipinski definition) is 1. The van der Waals surface area contributed by atoms with Crippen molar-refractivity contribution in [3.63, 3.8) is 0 Å². The average molecular weight is 247 g/mol. The zero-order valence-corrected chi connectivity index (χ0v) is 11.9. The van der Waals surface area contributed by atoms with E-state index < -0.39 is 0 Å². The molecule has 1 N–H and O–H groups in total. The highest BCUT2D eigenvalue weighted by molar-refractivity contribution is 5.47. The lowest BCUT2D eigenvalue weighted by molar-refractivity contribution is 0.570. The first-order valence-electron chi connectivity index (χ1n) is 7.10. The van der Waals surface area contributed by atoms with Crippen LogP contribution in [0.1, 0.15) is 44.2 Å². The number of nitrogens with one attached hydrogen (secondary N) is 1. The van der Waals surface area contributed by atoms with Crippen molar-refractivity contribution in [3.8, 4) is 0 Å². The van der Waals surface area contributed by atoms with Crippen LogP contribution in [-0.2, 0) is 6.54 Å². The number of anilines is 1. The van der Waals surface area contributed by atoms with Crippen molar-refractivity contribution in [2.24, 2.45) is 0 Å². The van der Waals surface area contributed by atoms with Gasteiger partial charge in [0.05, 0.1) is 0 Å². The molecule has 0 aromatic carbocycles. The largest absolute Gasteiger partial charge is 0.356 e. The van der Waals surface area contributed by atoms with Crippen LogP contribution >= 0.6 is 0 Å². The fourth-order valence-electron chi connectivity index (χ4n) is 2.48. The number of piperidine rings is 1. The second-order valence-electron chi connectivity index (χ2n) is 5.57. The number of pyridine rings is 1. The summed E-state index contributed by atoms with van der Waals surface area (Å²) in [6.45, 7) is 9.75. The van der Waals surface area contributed by atoms with Crippen LogP contribution in [0.4, 0.5) is 5.82 Å². The maximum Gasteiger partial charge on any atom is 0.131 e. The molecule has 0 atom stereocenters. The van der Waals surface area contributed by atoms with Crippen molar-refractivity contribution in [1.29, 1.82) is 0 Å². The Kier molecular flexibility index (Phi) is 4.59. The van der Waals surface area contributed by atoms with Crippen LogP contribution in [0.5, 0.6) is 0 Å². The zero-order chi connectivity index (χ0) is 13.0. The molecule has 0 amide bonds. The number of nitrogens with zero attached hydrogens (tertiary/aromatic N) is 2. The molecule has 18 heavy (non-hydrogen) atoms. The minimum Gasteiger partial charge on any atom is -0.356 e. The van der Waals surface area contributed by atoms with Gasteiger partial charge in [-0.1, -0.05) is 13.8 Å². The molecule has 0 bridgehead atoms. The Morgan fingerprint density at radius 2 is 2.00 bits per heavy atom. The van der Waals surface area contributed by atoms with E-state index in [0.29, 0.717) is 6.04 Å². The molecule has 100 valence electrons. The molecule has 1 fully saturated rings. The van der Waals surface area contributed by atoms with Gasteiger partial charge in [0, 0.05) is 31.9 Å². The minimum atomic E-state index is 0.520. The Morgan fingerprint density at radius 1 is 1.28 bits per heavy atom. The molecule has 0 unspecified atom stereocenters. The molecule has 0 aliphatic carbocycles. The number of hydrogen-bond acceptors (Lipinski definition) is 3. The van der Waals surface area contributed by atoms with Gasteiger partial charge in [-0.25, -0.2) is 4.98 Å². The van der Waals surface area contributed by atoms with Gasteiger partial charge in [-0.3, -0.25) is 0 Å². The highest BCUT2D eigenvalue weighted by Crippen LogP contribution is 2.21. The maximum absolute atomic E-state index is 4.67. The zero-order valence-electron chi connectivity index (χ0n) is 11.9. The van der Waals surface area contributed by atoms with E-state index in [1.54, 1.807) is 0 Å². The van der Waals surface area contributed by atoms with Crippen molar-refractivity contribution < 1.29 is 0 Å². The SMILES string of the molecule is Cc1cc(CNC(C)C)cnc1N1CCCCC1. The molecule has 3 heteroatoms. The molecular formula is C15H25N3. The molecule has 1 saturated heterocycles. The molecule has 2 rings (SSSR count). The first kappa shape index (κ1) is 13.3. The third kappa shape index (κ3) is 3.45. The summed E-state index contributed by atoms with van der Waals surface area (Å²) in [6, 6.07) is 2.79. The van der Waals surface area contributed by atoms with E-state index in [2.05, 4.69) is 42.0 Å². The Labute approximate surface area is 111 Å². The summed E-state index contributed by atoms with van der Waals surface area (Å²) in [5.74, 6) is 1.18. The monoisotopic (exact) mass is 247 g/mol. The molecule has 0 radical (unpaired) electrons. The third-order valence-electron chi connectivity index (χ3n) is 3.48. The molecule has 0 saturated carbocycles. The third-order valence-corrected chi connectivity index (χ3v) is 3.48. The van der Waals surface area contributed by atoms with Crippen molar-refractivity contribution in [1.82, 2.24) is 10.3 Å². The fourth-order valence-corrected chi connectivity index (χ4v) is 2.48. The van der Waals surface area contributed by atoms with Crippen LogP contribution in [0.25, 0.3) is 0 Å². The topological polar surface area (TPSA) is 28.2 Å². The van der Waals surface area contributed by atoms with E-state index in [4.69, 9.17) is 0 Å². The van der Waals surface area contributed by atoms with Crippen LogP contribution in [0, 0.1) is 6.92 Å². The Balaban J connectivity index is 2.04. The average Bonchev–Trinajstić information content (AvgIpc) is 2.37. The van der Waals surface area contributed by atoms with Crippen molar-refractivity contribution in [2.75, 3.05) is 18.0 Å². The van der Waals surface area contributed by atoms with Gasteiger partial charge in [0.25, 0.3) is 0 Å².